The predicted octanol–water partition coefficient (Wildman–Crippen LogP) is 3.91. The lowest BCUT2D eigenvalue weighted by molar-refractivity contribution is 0.536. The smallest absolute Gasteiger partial charge is 0.274 e. The van der Waals surface area contributed by atoms with E-state index < -0.39 is 0 Å². The Hall–Kier alpha value is -3.78. The third kappa shape index (κ3) is 4.46. The second-order valence-electron chi connectivity index (χ2n) is 10.1. The summed E-state index contributed by atoms with van der Waals surface area (Å²) < 4.78 is 6.13. The van der Waals surface area contributed by atoms with Gasteiger partial charge in [-0.1, -0.05) is 30.3 Å². The van der Waals surface area contributed by atoms with E-state index in [1.54, 1.807) is 10.3 Å². The number of nitrogens with one attached hydrogen (secondary N) is 2. The summed E-state index contributed by atoms with van der Waals surface area (Å²) in [4.78, 5) is 16.0. The van der Waals surface area contributed by atoms with Gasteiger partial charge in [-0.25, -0.2) is 0 Å². The Morgan fingerprint density at radius 1 is 1.05 bits per heavy atom. The van der Waals surface area contributed by atoms with Gasteiger partial charge in [0.25, 0.3) is 5.56 Å². The summed E-state index contributed by atoms with van der Waals surface area (Å²) in [5.74, 6) is 0.669. The summed E-state index contributed by atoms with van der Waals surface area (Å²) in [6.45, 7) is 4.31. The van der Waals surface area contributed by atoms with Crippen LogP contribution in [0.5, 0.6) is 0 Å². The number of hydrogen-bond acceptors (Lipinski definition) is 5. The molecule has 0 saturated heterocycles. The minimum atomic E-state index is -0.0665. The SMILES string of the molecule is CNCCn1ccc(Nc2c(-c3ccccc3)c(N3CCn4c(cc5c4CCCC5)C3)cn(C)c2=O)n1. The zero-order chi connectivity index (χ0) is 25.4. The highest BCUT2D eigenvalue weighted by molar-refractivity contribution is 5.90. The Morgan fingerprint density at radius 3 is 2.73 bits per heavy atom. The van der Waals surface area contributed by atoms with E-state index in [4.69, 9.17) is 0 Å². The maximum Gasteiger partial charge on any atom is 0.274 e. The van der Waals surface area contributed by atoms with E-state index in [9.17, 15) is 4.79 Å². The van der Waals surface area contributed by atoms with Gasteiger partial charge in [0.15, 0.2) is 5.82 Å². The van der Waals surface area contributed by atoms with Crippen molar-refractivity contribution in [2.24, 2.45) is 7.05 Å². The largest absolute Gasteiger partial charge is 0.362 e. The highest BCUT2D eigenvalue weighted by Crippen LogP contribution is 2.38. The normalized spacial score (nSPS) is 14.9. The molecule has 0 amide bonds. The molecule has 3 aromatic heterocycles. The van der Waals surface area contributed by atoms with Gasteiger partial charge < -0.3 is 24.7 Å². The minimum absolute atomic E-state index is 0.0665. The number of fused-ring (bicyclic) bond motifs is 3. The van der Waals surface area contributed by atoms with Crippen LogP contribution in [0.2, 0.25) is 0 Å². The van der Waals surface area contributed by atoms with E-state index in [-0.39, 0.29) is 5.56 Å². The summed E-state index contributed by atoms with van der Waals surface area (Å²) in [6, 6.07) is 14.6. The molecule has 2 N–H and O–H groups in total. The topological polar surface area (TPSA) is 72.1 Å². The van der Waals surface area contributed by atoms with Crippen LogP contribution in [-0.2, 0) is 39.5 Å². The number of rotatable bonds is 7. The van der Waals surface area contributed by atoms with Gasteiger partial charge in [0.05, 0.1) is 18.8 Å². The molecule has 2 aliphatic rings. The van der Waals surface area contributed by atoms with Gasteiger partial charge in [-0.3, -0.25) is 9.48 Å². The molecular formula is C29H35N7O. The molecule has 0 fully saturated rings. The maximum absolute atomic E-state index is 13.5. The third-order valence-corrected chi connectivity index (χ3v) is 7.68. The quantitative estimate of drug-likeness (QED) is 0.405. The lowest BCUT2D eigenvalue weighted by Gasteiger charge is -2.34. The summed E-state index contributed by atoms with van der Waals surface area (Å²) in [7, 11) is 3.76. The van der Waals surface area contributed by atoms with Crippen molar-refractivity contribution in [2.75, 3.05) is 30.4 Å². The number of likely N-dealkylation sites (N-methyl/N-ethyl adjacent to an activating group) is 1. The van der Waals surface area contributed by atoms with Crippen molar-refractivity contribution in [1.82, 2.24) is 24.2 Å². The fourth-order valence-corrected chi connectivity index (χ4v) is 5.82. The van der Waals surface area contributed by atoms with Crippen LogP contribution in [0.3, 0.4) is 0 Å². The molecule has 0 saturated carbocycles. The summed E-state index contributed by atoms with van der Waals surface area (Å²) in [5.41, 5.74) is 7.96. The van der Waals surface area contributed by atoms with Crippen molar-refractivity contribution >= 4 is 17.2 Å². The molecule has 1 aliphatic heterocycles. The van der Waals surface area contributed by atoms with Gasteiger partial charge in [0.1, 0.15) is 5.69 Å². The van der Waals surface area contributed by atoms with Crippen molar-refractivity contribution in [1.29, 1.82) is 0 Å². The maximum atomic E-state index is 13.5. The van der Waals surface area contributed by atoms with Crippen LogP contribution >= 0.6 is 0 Å². The Morgan fingerprint density at radius 2 is 1.89 bits per heavy atom. The molecule has 0 bridgehead atoms. The Kier molecular flexibility index (Phi) is 6.34. The van der Waals surface area contributed by atoms with Gasteiger partial charge in [0.2, 0.25) is 0 Å². The van der Waals surface area contributed by atoms with Gasteiger partial charge in [-0.05, 0) is 49.9 Å². The van der Waals surface area contributed by atoms with Crippen molar-refractivity contribution in [2.45, 2.75) is 45.3 Å². The first kappa shape index (κ1) is 23.6. The van der Waals surface area contributed by atoms with Crippen LogP contribution in [-0.4, -0.2) is 39.1 Å². The van der Waals surface area contributed by atoms with Crippen LogP contribution in [0.4, 0.5) is 17.2 Å². The zero-order valence-corrected chi connectivity index (χ0v) is 21.7. The fraction of sp³-hybridized carbons (Fsp3) is 0.379. The van der Waals surface area contributed by atoms with Gasteiger partial charge in [0, 0.05) is 62.1 Å². The number of aryl methyl sites for hydroxylation is 2. The summed E-state index contributed by atoms with van der Waals surface area (Å²) in [6.07, 6.45) is 8.91. The second kappa shape index (κ2) is 9.94. The first-order valence-corrected chi connectivity index (χ1v) is 13.3. The molecular weight excluding hydrogens is 462 g/mol. The van der Waals surface area contributed by atoms with Crippen LogP contribution < -0.4 is 21.1 Å². The lowest BCUT2D eigenvalue weighted by atomic mass is 9.98. The molecule has 0 spiro atoms. The second-order valence-corrected chi connectivity index (χ2v) is 10.1. The molecule has 8 heteroatoms. The minimum Gasteiger partial charge on any atom is -0.362 e. The average molecular weight is 498 g/mol. The molecule has 1 aromatic carbocycles. The monoisotopic (exact) mass is 497 g/mol. The Bertz CT molecular complexity index is 1460. The van der Waals surface area contributed by atoms with E-state index in [2.05, 4.69) is 43.4 Å². The average Bonchev–Trinajstić information content (AvgIpc) is 3.54. The molecule has 192 valence electrons. The molecule has 1 aliphatic carbocycles. The van der Waals surface area contributed by atoms with Gasteiger partial charge >= 0.3 is 0 Å². The lowest BCUT2D eigenvalue weighted by Crippen LogP contribution is -2.35. The highest BCUT2D eigenvalue weighted by Gasteiger charge is 2.27. The van der Waals surface area contributed by atoms with Crippen molar-refractivity contribution in [3.05, 3.63) is 82.2 Å². The summed E-state index contributed by atoms with van der Waals surface area (Å²) in [5, 5.41) is 11.2. The molecule has 6 rings (SSSR count). The number of aromatic nitrogens is 4. The van der Waals surface area contributed by atoms with E-state index in [1.165, 1.54) is 36.9 Å². The number of anilines is 3. The summed E-state index contributed by atoms with van der Waals surface area (Å²) >= 11 is 0. The Balaban J connectivity index is 1.42. The number of nitrogens with zero attached hydrogens (tertiary/aromatic N) is 5. The van der Waals surface area contributed by atoms with Crippen molar-refractivity contribution in [3.8, 4) is 11.1 Å². The molecule has 37 heavy (non-hydrogen) atoms. The van der Waals surface area contributed by atoms with Crippen LogP contribution in [0.25, 0.3) is 11.1 Å². The van der Waals surface area contributed by atoms with Crippen LogP contribution in [0.1, 0.15) is 29.8 Å². The first-order valence-electron chi connectivity index (χ1n) is 13.3. The van der Waals surface area contributed by atoms with Crippen molar-refractivity contribution in [3.63, 3.8) is 0 Å². The van der Waals surface area contributed by atoms with Gasteiger partial charge in [-0.2, -0.15) is 5.10 Å². The van der Waals surface area contributed by atoms with Crippen LogP contribution in [0.15, 0.2) is 59.7 Å². The standard InChI is InChI=1S/C29H35N7O/c1-30-13-15-35-14-12-26(32-35)31-28-27(21-8-4-3-5-9-21)25(20-33(2)29(28)37)34-16-17-36-23(19-34)18-22-10-6-7-11-24(22)36/h3-5,8-9,12,14,18,20,30H,6-7,10-11,13,15-17,19H2,1-2H3,(H,31,32). The van der Waals surface area contributed by atoms with E-state index in [0.29, 0.717) is 11.5 Å². The van der Waals surface area contributed by atoms with E-state index >= 15 is 0 Å². The molecule has 4 aromatic rings. The number of hydrogen-bond donors (Lipinski definition) is 2. The number of benzene rings is 1. The molecule has 0 radical (unpaired) electrons. The molecule has 0 atom stereocenters. The predicted molar refractivity (Wildman–Crippen MR) is 149 cm³/mol. The fourth-order valence-electron chi connectivity index (χ4n) is 5.82. The van der Waals surface area contributed by atoms with E-state index in [0.717, 1.165) is 49.5 Å². The number of pyridine rings is 1. The molecule has 4 heterocycles. The van der Waals surface area contributed by atoms with Gasteiger partial charge in [-0.15, -0.1) is 0 Å². The van der Waals surface area contributed by atoms with Crippen LogP contribution in [0, 0.1) is 0 Å². The molecule has 0 unspecified atom stereocenters. The molecule has 8 nitrogen and oxygen atoms in total. The van der Waals surface area contributed by atoms with Crippen molar-refractivity contribution < 1.29 is 0 Å². The van der Waals surface area contributed by atoms with E-state index in [1.807, 2.05) is 55.4 Å². The zero-order valence-electron chi connectivity index (χ0n) is 21.7. The Labute approximate surface area is 217 Å². The highest BCUT2D eigenvalue weighted by atomic mass is 16.1. The first-order chi connectivity index (χ1) is 18.1. The third-order valence-electron chi connectivity index (χ3n) is 7.68.